The van der Waals surface area contributed by atoms with Crippen LogP contribution >= 0.6 is 11.3 Å². The van der Waals surface area contributed by atoms with Crippen molar-refractivity contribution in [1.82, 2.24) is 41.1 Å². The molecule has 9 amide bonds. The van der Waals surface area contributed by atoms with E-state index in [0.717, 1.165) is 52.7 Å². The Morgan fingerprint density at radius 3 is 1.99 bits per heavy atom. The van der Waals surface area contributed by atoms with Crippen LogP contribution in [0.25, 0.3) is 21.8 Å². The molecule has 0 bridgehead atoms. The van der Waals surface area contributed by atoms with Crippen LogP contribution in [0.5, 0.6) is 0 Å². The summed E-state index contributed by atoms with van der Waals surface area (Å²) in [6.07, 6.45) is 1.86. The summed E-state index contributed by atoms with van der Waals surface area (Å²) >= 11 is 1.14. The number of primary amides is 1. The van der Waals surface area contributed by atoms with Crippen molar-refractivity contribution in [3.8, 4) is 21.8 Å². The first-order chi connectivity index (χ1) is 42.2. The number of rotatable bonds is 32. The van der Waals surface area contributed by atoms with Crippen molar-refractivity contribution in [2.24, 2.45) is 5.73 Å². The normalized spacial score (nSPS) is 13.2. The number of imide groups is 1. The Bertz CT molecular complexity index is 3530. The van der Waals surface area contributed by atoms with Gasteiger partial charge in [0.2, 0.25) is 41.4 Å². The van der Waals surface area contributed by atoms with E-state index in [-0.39, 0.29) is 107 Å². The van der Waals surface area contributed by atoms with E-state index in [4.69, 9.17) is 24.7 Å². The molecule has 3 heterocycles. The van der Waals surface area contributed by atoms with Crippen LogP contribution in [0.3, 0.4) is 0 Å². The maximum Gasteiger partial charge on any atom is 0.414 e. The van der Waals surface area contributed by atoms with Gasteiger partial charge in [0, 0.05) is 60.9 Å². The monoisotopic (exact) mass is 1280 g/mol. The molecule has 2 aromatic heterocycles. The fourth-order valence-electron chi connectivity index (χ4n) is 7.87. The maximum atomic E-state index is 16.3. The Morgan fingerprint density at radius 1 is 0.719 bits per heavy atom. The third-order valence-corrected chi connectivity index (χ3v) is 15.4. The van der Waals surface area contributed by atoms with E-state index in [1.165, 1.54) is 62.5 Å². The quantitative estimate of drug-likeness (QED) is 0.0225. The Kier molecular flexibility index (Phi) is 24.9. The van der Waals surface area contributed by atoms with Crippen LogP contribution in [0, 0.1) is 17.5 Å². The molecule has 476 valence electrons. The second-order valence-corrected chi connectivity index (χ2v) is 23.1. The average Bonchev–Trinajstić information content (AvgIpc) is 3.40. The SMILES string of the molecule is C[C@@H](NC(=O)CCOCCOCCOCCNC(=O)CCN1C(=O)C=CC1=O)C(=O)N[C@H](C)C(=O)N[C@H](CC(N)=O)C(=O)Nc1ccc(COC(=O)Nc2nccc(-c3sc(C(C)(C)C)nc3-c3cccc(NS(=O)(=O)c4c(F)cccc4F)c3F)n2)cc1. The second-order valence-electron chi connectivity index (χ2n) is 20.5. The summed E-state index contributed by atoms with van der Waals surface area (Å²) < 4.78 is 95.0. The van der Waals surface area contributed by atoms with Gasteiger partial charge in [0.05, 0.1) is 73.0 Å². The van der Waals surface area contributed by atoms with E-state index in [1.807, 2.05) is 25.5 Å². The number of sulfonamides is 1. The molecule has 6 rings (SSSR count). The Labute approximate surface area is 512 Å². The predicted molar refractivity (Wildman–Crippen MR) is 315 cm³/mol. The largest absolute Gasteiger partial charge is 0.444 e. The molecule has 0 saturated heterocycles. The minimum Gasteiger partial charge on any atom is -0.444 e. The Hall–Kier alpha value is -9.24. The summed E-state index contributed by atoms with van der Waals surface area (Å²) in [5, 5.41) is 15.5. The third-order valence-electron chi connectivity index (χ3n) is 12.5. The van der Waals surface area contributed by atoms with Gasteiger partial charge < -0.3 is 51.3 Å². The highest BCUT2D eigenvalue weighted by atomic mass is 32.2. The molecule has 5 aromatic rings. The number of anilines is 3. The van der Waals surface area contributed by atoms with Gasteiger partial charge in [0.15, 0.2) is 10.7 Å². The second kappa shape index (κ2) is 32.1. The molecule has 9 N–H and O–H groups in total. The zero-order valence-electron chi connectivity index (χ0n) is 48.7. The van der Waals surface area contributed by atoms with Crippen molar-refractivity contribution < 1.29 is 83.7 Å². The highest BCUT2D eigenvalue weighted by Crippen LogP contribution is 2.42. The number of nitrogens with zero attached hydrogens (tertiary/aromatic N) is 4. The van der Waals surface area contributed by atoms with Gasteiger partial charge in [0.25, 0.3) is 21.8 Å². The van der Waals surface area contributed by atoms with Gasteiger partial charge in [0.1, 0.15) is 36.4 Å². The van der Waals surface area contributed by atoms with Crippen LogP contribution in [0.15, 0.2) is 90.0 Å². The smallest absolute Gasteiger partial charge is 0.414 e. The van der Waals surface area contributed by atoms with Crippen LogP contribution in [0.1, 0.15) is 64.5 Å². The van der Waals surface area contributed by atoms with Crippen LogP contribution in [-0.2, 0) is 79.3 Å². The highest BCUT2D eigenvalue weighted by Gasteiger charge is 2.31. The Morgan fingerprint density at radius 2 is 1.34 bits per heavy atom. The van der Waals surface area contributed by atoms with Crippen LogP contribution in [-0.4, -0.2) is 152 Å². The van der Waals surface area contributed by atoms with Gasteiger partial charge in [-0.2, -0.15) is 0 Å². The van der Waals surface area contributed by atoms with E-state index in [9.17, 15) is 60.3 Å². The van der Waals surface area contributed by atoms with E-state index in [2.05, 4.69) is 46.9 Å². The topological polar surface area (TPSA) is 377 Å². The first-order valence-corrected chi connectivity index (χ1v) is 29.7. The molecule has 3 aromatic carbocycles. The summed E-state index contributed by atoms with van der Waals surface area (Å²) in [4.78, 5) is 125. The number of thiazole rings is 1. The molecule has 27 nitrogen and oxygen atoms in total. The zero-order chi connectivity index (χ0) is 65.0. The lowest BCUT2D eigenvalue weighted by Gasteiger charge is -2.22. The predicted octanol–water partition coefficient (Wildman–Crippen LogP) is 3.71. The summed E-state index contributed by atoms with van der Waals surface area (Å²) in [7, 11) is -4.95. The van der Waals surface area contributed by atoms with E-state index in [1.54, 1.807) is 0 Å². The minimum atomic E-state index is -4.95. The van der Waals surface area contributed by atoms with Gasteiger partial charge >= 0.3 is 6.09 Å². The average molecular weight is 1280 g/mol. The van der Waals surface area contributed by atoms with E-state index < -0.39 is 115 Å². The van der Waals surface area contributed by atoms with Gasteiger partial charge in [-0.1, -0.05) is 45.0 Å². The van der Waals surface area contributed by atoms with Crippen molar-refractivity contribution in [2.75, 3.05) is 68.1 Å². The minimum absolute atomic E-state index is 0.00420. The third kappa shape index (κ3) is 20.7. The lowest BCUT2D eigenvalue weighted by Crippen LogP contribution is -2.55. The zero-order valence-corrected chi connectivity index (χ0v) is 50.4. The molecule has 3 atom stereocenters. The lowest BCUT2D eigenvalue weighted by molar-refractivity contribution is -0.137. The van der Waals surface area contributed by atoms with Gasteiger partial charge in [-0.15, -0.1) is 11.3 Å². The van der Waals surface area contributed by atoms with Crippen molar-refractivity contribution in [3.05, 3.63) is 113 Å². The number of carbonyl (C=O) groups is 9. The molecule has 1 aliphatic rings. The molecular formula is C57H65F3N12O15S2. The van der Waals surface area contributed by atoms with E-state index >= 15 is 4.39 Å². The lowest BCUT2D eigenvalue weighted by atomic mass is 9.98. The number of amides is 9. The molecule has 1 aliphatic heterocycles. The molecule has 0 saturated carbocycles. The van der Waals surface area contributed by atoms with E-state index in [0.29, 0.717) is 15.4 Å². The summed E-state index contributed by atoms with van der Waals surface area (Å²) in [5.41, 5.74) is 4.86. The van der Waals surface area contributed by atoms with Crippen molar-refractivity contribution in [1.29, 1.82) is 0 Å². The summed E-state index contributed by atoms with van der Waals surface area (Å²) in [5.74, 6) is -9.24. The maximum absolute atomic E-state index is 16.3. The molecule has 0 unspecified atom stereocenters. The Balaban J connectivity index is 0.904. The van der Waals surface area contributed by atoms with Crippen LogP contribution in [0.4, 0.5) is 35.3 Å². The molecular weight excluding hydrogens is 1210 g/mol. The number of carbonyl (C=O) groups excluding carboxylic acids is 9. The first-order valence-electron chi connectivity index (χ1n) is 27.4. The molecule has 0 spiro atoms. The number of hydrogen-bond acceptors (Lipinski definition) is 19. The van der Waals surface area contributed by atoms with Crippen LogP contribution in [0.2, 0.25) is 0 Å². The number of benzene rings is 3. The summed E-state index contributed by atoms with van der Waals surface area (Å²) in [6.45, 7) is 9.22. The fourth-order valence-corrected chi connectivity index (χ4v) is 10.2. The highest BCUT2D eigenvalue weighted by molar-refractivity contribution is 7.92. The number of ether oxygens (including phenoxy) is 4. The molecule has 32 heteroatoms. The number of hydrogen-bond donors (Lipinski definition) is 8. The molecule has 89 heavy (non-hydrogen) atoms. The first kappa shape index (κ1) is 68.9. The summed E-state index contributed by atoms with van der Waals surface area (Å²) in [6, 6.07) is 9.75. The fraction of sp³-hybridized carbons (Fsp3) is 0.368. The molecule has 0 radical (unpaired) electrons. The number of aromatic nitrogens is 3. The van der Waals surface area contributed by atoms with Gasteiger partial charge in [-0.3, -0.25) is 53.3 Å². The molecule has 0 fully saturated rings. The van der Waals surface area contributed by atoms with Crippen LogP contribution < -0.4 is 42.4 Å². The number of halogens is 3. The molecule has 0 aliphatic carbocycles. The number of nitrogens with two attached hydrogens (primary N) is 1. The van der Waals surface area contributed by atoms with Crippen molar-refractivity contribution >= 4 is 92.0 Å². The number of nitrogens with one attached hydrogen (secondary N) is 7. The van der Waals surface area contributed by atoms with Gasteiger partial charge in [-0.05, 0) is 61.9 Å². The van der Waals surface area contributed by atoms with Crippen molar-refractivity contribution in [2.45, 2.75) is 88.9 Å². The van der Waals surface area contributed by atoms with Gasteiger partial charge in [-0.25, -0.2) is 41.3 Å². The standard InChI is InChI=1S/C57H65F3N12O15S2/c1-32(64-44(75)20-24-84-26-28-86-29-27-85-25-22-62-43(74)19-23-72-45(76)16-17-46(72)77)51(78)65-33(2)52(79)67-41(30-42(61)73)53(80)66-35-14-12-34(13-15-35)31-87-56(81)70-55-63-21-18-40(68-55)49-48(69-54(88-49)57(3,4)5)36-8-6-11-39(47(36)60)71-89(82,83)50-37(58)9-7-10-38(50)59/h6-18,21,32-33,41,71H,19-20,22-31H2,1-5H3,(H2,61,73)(H,62,74)(H,64,75)(H,65,78)(H,66,80)(H,67,79)(H,63,68,70,81)/t32-,33-,41-/m1/s1. The van der Waals surface area contributed by atoms with Crippen molar-refractivity contribution in [3.63, 3.8) is 0 Å².